The van der Waals surface area contributed by atoms with Gasteiger partial charge in [-0.15, -0.1) is 0 Å². The van der Waals surface area contributed by atoms with Crippen molar-refractivity contribution >= 4 is 17.3 Å². The molecule has 0 aromatic rings. The number of rotatable bonds is 35. The van der Waals surface area contributed by atoms with E-state index in [0.717, 1.165) is 109 Å². The molecule has 0 aromatic heterocycles. The third-order valence-corrected chi connectivity index (χ3v) is 9.30. The molecule has 0 radical (unpaired) electrons. The molecular formula is C41H74O6. The Morgan fingerprint density at radius 1 is 0.468 bits per heavy atom. The van der Waals surface area contributed by atoms with Crippen LogP contribution in [0, 0.1) is 0 Å². The summed E-state index contributed by atoms with van der Waals surface area (Å²) in [7, 11) is 0. The van der Waals surface area contributed by atoms with E-state index in [1.165, 1.54) is 32.1 Å². The van der Waals surface area contributed by atoms with Gasteiger partial charge in [-0.25, -0.2) is 0 Å². The van der Waals surface area contributed by atoms with E-state index in [4.69, 9.17) is 0 Å². The summed E-state index contributed by atoms with van der Waals surface area (Å²) >= 11 is 0. The van der Waals surface area contributed by atoms with Crippen LogP contribution >= 0.6 is 0 Å². The Balaban J connectivity index is 4.87. The second-order valence-electron chi connectivity index (χ2n) is 13.7. The number of ketones is 3. The highest BCUT2D eigenvalue weighted by Gasteiger charge is 2.53. The first kappa shape index (κ1) is 45.4. The van der Waals surface area contributed by atoms with Crippen molar-refractivity contribution in [2.24, 2.45) is 0 Å². The predicted molar refractivity (Wildman–Crippen MR) is 197 cm³/mol. The summed E-state index contributed by atoms with van der Waals surface area (Å²) in [6.45, 7) is 6.53. The maximum absolute atomic E-state index is 13.4. The lowest BCUT2D eigenvalue weighted by atomic mass is 9.78. The fourth-order valence-electron chi connectivity index (χ4n) is 6.03. The van der Waals surface area contributed by atoms with Crippen LogP contribution in [0.4, 0.5) is 0 Å². The van der Waals surface area contributed by atoms with Gasteiger partial charge in [-0.05, 0) is 51.4 Å². The smallest absolute Gasteiger partial charge is 0.189 e. The van der Waals surface area contributed by atoms with Crippen molar-refractivity contribution in [1.82, 2.24) is 0 Å². The van der Waals surface area contributed by atoms with Crippen LogP contribution in [0.1, 0.15) is 201 Å². The number of aliphatic hydroxyl groups is 3. The first-order valence-corrected chi connectivity index (χ1v) is 19.7. The molecule has 274 valence electrons. The van der Waals surface area contributed by atoms with Gasteiger partial charge < -0.3 is 15.3 Å². The van der Waals surface area contributed by atoms with E-state index >= 15 is 0 Å². The minimum Gasteiger partial charge on any atom is -0.382 e. The monoisotopic (exact) mass is 663 g/mol. The van der Waals surface area contributed by atoms with Gasteiger partial charge in [0, 0.05) is 19.3 Å². The van der Waals surface area contributed by atoms with E-state index in [-0.39, 0.29) is 19.3 Å². The lowest BCUT2D eigenvalue weighted by Gasteiger charge is -2.34. The zero-order chi connectivity index (χ0) is 35.0. The first-order valence-electron chi connectivity index (χ1n) is 19.7. The Labute approximate surface area is 289 Å². The highest BCUT2D eigenvalue weighted by molar-refractivity contribution is 6.01. The van der Waals surface area contributed by atoms with E-state index in [1.54, 1.807) is 0 Å². The predicted octanol–water partition coefficient (Wildman–Crippen LogP) is 10.2. The summed E-state index contributed by atoms with van der Waals surface area (Å²) in [5, 5.41) is 33.4. The minimum absolute atomic E-state index is 0.00684. The van der Waals surface area contributed by atoms with E-state index in [2.05, 4.69) is 45.1 Å². The van der Waals surface area contributed by atoms with Crippen LogP contribution in [0.25, 0.3) is 0 Å². The maximum atomic E-state index is 13.4. The van der Waals surface area contributed by atoms with Gasteiger partial charge in [0.2, 0.25) is 0 Å². The van der Waals surface area contributed by atoms with Crippen LogP contribution in [0.5, 0.6) is 0 Å². The summed E-state index contributed by atoms with van der Waals surface area (Å²) in [5.74, 6) is -2.18. The van der Waals surface area contributed by atoms with Gasteiger partial charge in [0.1, 0.15) is 0 Å². The van der Waals surface area contributed by atoms with Crippen LogP contribution in [-0.2, 0) is 14.4 Å². The van der Waals surface area contributed by atoms with Gasteiger partial charge >= 0.3 is 0 Å². The average molecular weight is 663 g/mol. The van der Waals surface area contributed by atoms with Crippen molar-refractivity contribution < 1.29 is 29.7 Å². The molecule has 0 aliphatic carbocycles. The molecule has 47 heavy (non-hydrogen) atoms. The molecule has 0 spiro atoms. The molecule has 6 nitrogen and oxygen atoms in total. The lowest BCUT2D eigenvalue weighted by Crippen LogP contribution is -2.63. The molecule has 6 heteroatoms. The van der Waals surface area contributed by atoms with Crippen molar-refractivity contribution in [2.75, 3.05) is 0 Å². The standard InChI is InChI=1S/C41H74O6/c1-4-7-10-13-16-17-18-19-20-21-22-23-26-29-32-35-38(44)41(47,39(45)36(42)33-30-27-24-14-11-8-5-2)40(46)37(43)34-31-28-25-15-12-9-6-3/h16-17,19-20,39-40,45-47H,4-15,18,21-35H2,1-3H3/b17-16-,20-19-. The molecule has 0 aliphatic heterocycles. The number of allylic oxidation sites excluding steroid dienone is 4. The second kappa shape index (κ2) is 31.6. The molecule has 0 rings (SSSR count). The van der Waals surface area contributed by atoms with Gasteiger partial charge in [-0.3, -0.25) is 14.4 Å². The molecule has 0 bridgehead atoms. The van der Waals surface area contributed by atoms with Gasteiger partial charge in [-0.1, -0.05) is 154 Å². The van der Waals surface area contributed by atoms with Gasteiger partial charge in [0.15, 0.2) is 35.2 Å². The normalized spacial score (nSPS) is 14.5. The van der Waals surface area contributed by atoms with E-state index in [0.29, 0.717) is 19.3 Å². The van der Waals surface area contributed by atoms with Crippen molar-refractivity contribution in [3.63, 3.8) is 0 Å². The summed E-state index contributed by atoms with van der Waals surface area (Å²) < 4.78 is 0. The number of hydrogen-bond acceptors (Lipinski definition) is 6. The Morgan fingerprint density at radius 2 is 0.787 bits per heavy atom. The minimum atomic E-state index is -2.80. The Hall–Kier alpha value is -1.63. The number of unbranched alkanes of at least 4 members (excludes halogenated alkanes) is 20. The van der Waals surface area contributed by atoms with Crippen LogP contribution < -0.4 is 0 Å². The van der Waals surface area contributed by atoms with Crippen molar-refractivity contribution in [1.29, 1.82) is 0 Å². The fourth-order valence-corrected chi connectivity index (χ4v) is 6.03. The Morgan fingerprint density at radius 3 is 1.21 bits per heavy atom. The molecule has 2 atom stereocenters. The molecule has 0 heterocycles. The molecule has 0 fully saturated rings. The highest BCUT2D eigenvalue weighted by atomic mass is 16.4. The number of carbonyl (C=O) groups is 3. The zero-order valence-corrected chi connectivity index (χ0v) is 30.8. The molecule has 0 aromatic carbocycles. The molecule has 0 aliphatic rings. The molecule has 2 unspecified atom stereocenters. The number of Topliss-reactive ketones (excluding diaryl/α,β-unsaturated/α-hetero) is 3. The third kappa shape index (κ3) is 22.6. The molecule has 3 N–H and O–H groups in total. The molecular weight excluding hydrogens is 588 g/mol. The fraction of sp³-hybridized carbons (Fsp3) is 0.829. The number of carbonyl (C=O) groups excluding carboxylic acids is 3. The van der Waals surface area contributed by atoms with E-state index in [1.807, 2.05) is 0 Å². The van der Waals surface area contributed by atoms with Crippen LogP contribution in [0.15, 0.2) is 24.3 Å². The van der Waals surface area contributed by atoms with Gasteiger partial charge in [0.05, 0.1) is 0 Å². The zero-order valence-electron chi connectivity index (χ0n) is 30.8. The van der Waals surface area contributed by atoms with Crippen molar-refractivity contribution in [3.8, 4) is 0 Å². The molecule has 0 amide bonds. The van der Waals surface area contributed by atoms with E-state index < -0.39 is 35.2 Å². The quantitative estimate of drug-likeness (QED) is 0.0460. The summed E-state index contributed by atoms with van der Waals surface area (Å²) in [5.41, 5.74) is -2.80. The lowest BCUT2D eigenvalue weighted by molar-refractivity contribution is -0.181. The first-order chi connectivity index (χ1) is 22.8. The van der Waals surface area contributed by atoms with Crippen LogP contribution in [0.3, 0.4) is 0 Å². The molecule has 0 saturated heterocycles. The highest BCUT2D eigenvalue weighted by Crippen LogP contribution is 2.26. The van der Waals surface area contributed by atoms with Crippen LogP contribution in [-0.4, -0.2) is 50.5 Å². The SMILES string of the molecule is CCCCC/C=C\C/C=C\CCCCCCCC(=O)C(O)(C(O)C(=O)CCCCCCCCC)C(O)C(=O)CCCCCCCCC. The molecule has 0 saturated carbocycles. The number of aliphatic hydroxyl groups excluding tert-OH is 2. The van der Waals surface area contributed by atoms with E-state index in [9.17, 15) is 29.7 Å². The van der Waals surface area contributed by atoms with Gasteiger partial charge in [0.25, 0.3) is 0 Å². The largest absolute Gasteiger partial charge is 0.382 e. The summed E-state index contributed by atoms with van der Waals surface area (Å²) in [6, 6.07) is 0. The Kier molecular flexibility index (Phi) is 30.5. The summed E-state index contributed by atoms with van der Waals surface area (Å²) in [6.07, 6.45) is 29.7. The second-order valence-corrected chi connectivity index (χ2v) is 13.7. The van der Waals surface area contributed by atoms with Gasteiger partial charge in [-0.2, -0.15) is 0 Å². The van der Waals surface area contributed by atoms with Crippen LogP contribution in [0.2, 0.25) is 0 Å². The number of hydrogen-bond donors (Lipinski definition) is 3. The summed E-state index contributed by atoms with van der Waals surface area (Å²) in [4.78, 5) is 39.3. The van der Waals surface area contributed by atoms with Crippen molar-refractivity contribution in [2.45, 2.75) is 218 Å². The maximum Gasteiger partial charge on any atom is 0.189 e. The topological polar surface area (TPSA) is 112 Å². The Bertz CT molecular complexity index is 796. The third-order valence-electron chi connectivity index (χ3n) is 9.30. The average Bonchev–Trinajstić information content (AvgIpc) is 3.07. The van der Waals surface area contributed by atoms with Crippen molar-refractivity contribution in [3.05, 3.63) is 24.3 Å².